The largest absolute Gasteiger partial charge is 0.507 e. The van der Waals surface area contributed by atoms with Crippen molar-refractivity contribution in [2.45, 2.75) is 98.9 Å². The number of fused-ring (bicyclic) bond motifs is 14. The summed E-state index contributed by atoms with van der Waals surface area (Å²) in [5, 5.41) is 66.8. The molecule has 1 aromatic heterocycles. The van der Waals surface area contributed by atoms with Crippen molar-refractivity contribution in [2.24, 2.45) is 34.5 Å². The number of methoxy groups -OCH3 is 1. The first-order valence-corrected chi connectivity index (χ1v) is 23.7. The number of ether oxygens (including phenoxy) is 4. The van der Waals surface area contributed by atoms with Gasteiger partial charge in [-0.3, -0.25) is 24.4 Å². The number of nitrogens with one attached hydrogen (secondary N) is 1. The predicted octanol–water partition coefficient (Wildman–Crippen LogP) is 5.61. The molecule has 1 amide bonds. The number of aliphatic hydroxyl groups is 2. The lowest BCUT2D eigenvalue weighted by Crippen LogP contribution is -2.46. The van der Waals surface area contributed by atoms with Gasteiger partial charge >= 0.3 is 11.8 Å². The standard InChI is InChI=1S/C43H58N4O12.C8H10N2S/c1-21-12-11-13-22(2)42(55)45-33-28(20-44-47-17-15-46(9)16-18-47)37(52)30-31(38(33)53)36(51)26(6)40-32(30)41(54)43(8,59-40)57-19-14-29(56-10)23(3)39(58-27(7)48)25(5)35(50)24(4)34(21)49;1-2-7-5-6(8(9)11)3-4-10-7/h11-14,19-21,23-25,29,34-35,39,49-53H,15-18H2,1-10H3,(H,45,55);3-5H,2H2,1H3,(H2,9,11)/b12-11+,19-14+,22-13-,44-20+;/t21-,23+,24+,25+,29-,34-,35+,39+,43-;/m0./s1. The van der Waals surface area contributed by atoms with Crippen molar-refractivity contribution in [3.63, 3.8) is 0 Å². The third kappa shape index (κ3) is 11.9. The lowest BCUT2D eigenvalue weighted by molar-refractivity contribution is -0.160. The fourth-order valence-electron chi connectivity index (χ4n) is 8.75. The summed E-state index contributed by atoms with van der Waals surface area (Å²) in [4.78, 5) is 47.2. The van der Waals surface area contributed by atoms with Gasteiger partial charge in [-0.25, -0.2) is 0 Å². The Labute approximate surface area is 414 Å². The number of benzene rings is 2. The monoisotopic (exact) mass is 988 g/mol. The van der Waals surface area contributed by atoms with Crippen molar-refractivity contribution >= 4 is 57.5 Å². The number of ketones is 1. The zero-order valence-corrected chi connectivity index (χ0v) is 42.5. The van der Waals surface area contributed by atoms with E-state index in [0.29, 0.717) is 18.1 Å². The van der Waals surface area contributed by atoms with Crippen LogP contribution in [0.5, 0.6) is 23.0 Å². The van der Waals surface area contributed by atoms with Gasteiger partial charge in [0.1, 0.15) is 28.3 Å². The first kappa shape index (κ1) is 54.8. The molecular weight excluding hydrogens is 921 g/mol. The number of nitrogens with zero attached hydrogens (tertiary/aromatic N) is 4. The number of hydrogen-bond acceptors (Lipinski definition) is 17. The zero-order valence-electron chi connectivity index (χ0n) is 41.7. The molecule has 3 aromatic rings. The van der Waals surface area contributed by atoms with Gasteiger partial charge in [-0.05, 0) is 45.5 Å². The van der Waals surface area contributed by atoms with E-state index in [2.05, 4.69) is 20.3 Å². The molecule has 70 heavy (non-hydrogen) atoms. The molecule has 1 saturated heterocycles. The normalized spacial score (nSPS) is 28.5. The quantitative estimate of drug-likeness (QED) is 0.0520. The summed E-state index contributed by atoms with van der Waals surface area (Å²) in [6.45, 7) is 17.1. The Kier molecular flexibility index (Phi) is 18.2. The number of pyridine rings is 1. The van der Waals surface area contributed by atoms with Crippen molar-refractivity contribution in [3.05, 3.63) is 82.4 Å². The maximum atomic E-state index is 14.4. The van der Waals surface area contributed by atoms with E-state index in [9.17, 15) is 39.9 Å². The van der Waals surface area contributed by atoms with Crippen LogP contribution in [-0.4, -0.2) is 140 Å². The van der Waals surface area contributed by atoms with Gasteiger partial charge in [-0.1, -0.05) is 65.1 Å². The highest BCUT2D eigenvalue weighted by atomic mass is 32.1. The Morgan fingerprint density at radius 2 is 1.69 bits per heavy atom. The van der Waals surface area contributed by atoms with Gasteiger partial charge < -0.3 is 60.4 Å². The van der Waals surface area contributed by atoms with E-state index >= 15 is 0 Å². The number of anilines is 1. The van der Waals surface area contributed by atoms with Gasteiger partial charge in [0.2, 0.25) is 0 Å². The van der Waals surface area contributed by atoms with Gasteiger partial charge in [0.05, 0.1) is 53.0 Å². The summed E-state index contributed by atoms with van der Waals surface area (Å²) in [6, 6.07) is 3.74. The molecule has 0 radical (unpaired) electrons. The highest BCUT2D eigenvalue weighted by molar-refractivity contribution is 7.80. The number of Topliss-reactive ketones (excluding diaryl/α,β-unsaturated/α-hetero) is 1. The van der Waals surface area contributed by atoms with E-state index in [1.165, 1.54) is 59.4 Å². The summed E-state index contributed by atoms with van der Waals surface area (Å²) in [5.41, 5.74) is 7.01. The first-order chi connectivity index (χ1) is 33.0. The average molecular weight is 989 g/mol. The molecule has 5 heterocycles. The number of aromatic hydroxyl groups is 3. The van der Waals surface area contributed by atoms with Gasteiger partial charge in [-0.15, -0.1) is 0 Å². The highest BCUT2D eigenvalue weighted by Crippen LogP contribution is 2.55. The molecule has 2 aromatic carbocycles. The van der Waals surface area contributed by atoms with Gasteiger partial charge in [0.15, 0.2) is 5.75 Å². The zero-order chi connectivity index (χ0) is 51.9. The minimum atomic E-state index is -2.04. The molecule has 0 saturated carbocycles. The summed E-state index contributed by atoms with van der Waals surface area (Å²) < 4.78 is 23.6. The van der Waals surface area contributed by atoms with Crippen molar-refractivity contribution in [3.8, 4) is 23.0 Å². The van der Waals surface area contributed by atoms with E-state index in [1.807, 2.05) is 26.1 Å². The van der Waals surface area contributed by atoms with Crippen molar-refractivity contribution in [1.82, 2.24) is 14.9 Å². The second kappa shape index (κ2) is 23.2. The third-order valence-corrected chi connectivity index (χ3v) is 13.6. The van der Waals surface area contributed by atoms with Crippen LogP contribution in [0.15, 0.2) is 59.6 Å². The highest BCUT2D eigenvalue weighted by Gasteiger charge is 2.50. The molecule has 1 fully saturated rings. The van der Waals surface area contributed by atoms with E-state index in [4.69, 9.17) is 36.9 Å². The lowest BCUT2D eigenvalue weighted by atomic mass is 9.78. The SMILES string of the molecule is CCc1cc(C(N)=S)ccn1.CO[C@H]1/C=C/O[C@@]2(C)Oc3c(C)c(O)c4c(O)c(c(/C=N/N5CCN(C)CC5)c(O)c4c3C2=O)NC(=O)/C(C)=C\C=C\[C@H](C)[C@H](O)[C@@H](C)[C@@H](O)[C@@H](C)[C@H](OC(C)=O)[C@@H]1C. The number of phenols is 3. The van der Waals surface area contributed by atoms with E-state index < -0.39 is 88.8 Å². The Bertz CT molecular complexity index is 2570. The van der Waals surface area contributed by atoms with Crippen LogP contribution in [-0.2, 0) is 30.2 Å². The Hall–Kier alpha value is -6.12. The first-order valence-electron chi connectivity index (χ1n) is 23.3. The van der Waals surface area contributed by atoms with Crippen LogP contribution >= 0.6 is 12.2 Å². The molecule has 8 N–H and O–H groups in total. The van der Waals surface area contributed by atoms with Crippen LogP contribution in [0.1, 0.15) is 88.1 Å². The third-order valence-electron chi connectivity index (χ3n) is 13.3. The molecule has 19 heteroatoms. The molecule has 0 unspecified atom stereocenters. The van der Waals surface area contributed by atoms with Crippen molar-refractivity contribution < 1.29 is 58.9 Å². The fourth-order valence-corrected chi connectivity index (χ4v) is 8.88. The topological polar surface area (TPSA) is 259 Å². The molecule has 7 rings (SSSR count). The van der Waals surface area contributed by atoms with Crippen LogP contribution in [0, 0.1) is 30.6 Å². The molecular formula is C51H68N6O12S. The number of nitrogens with two attached hydrogens (primary N) is 1. The van der Waals surface area contributed by atoms with E-state index in [-0.39, 0.29) is 44.5 Å². The number of hydrazone groups is 1. The minimum absolute atomic E-state index is 0.0559. The fraction of sp³-hybridized carbons (Fsp3) is 0.490. The van der Waals surface area contributed by atoms with E-state index in [0.717, 1.165) is 30.8 Å². The number of aryl methyl sites for hydroxylation is 1. The van der Waals surface area contributed by atoms with Crippen molar-refractivity contribution in [1.29, 1.82) is 0 Å². The molecule has 0 spiro atoms. The molecule has 18 nitrogen and oxygen atoms in total. The number of phenolic OH excluding ortho intramolecular Hbond substituents is 3. The van der Waals surface area contributed by atoms with Crippen LogP contribution in [0.25, 0.3) is 10.8 Å². The van der Waals surface area contributed by atoms with E-state index in [1.54, 1.807) is 51.1 Å². The van der Waals surface area contributed by atoms with Crippen LogP contribution in [0.3, 0.4) is 0 Å². The molecule has 4 aliphatic heterocycles. The smallest absolute Gasteiger partial charge is 0.312 e. The predicted molar refractivity (Wildman–Crippen MR) is 270 cm³/mol. The number of thiocarbonyl (C=S) groups is 1. The number of amides is 1. The number of esters is 1. The summed E-state index contributed by atoms with van der Waals surface area (Å²) in [5.74, 6) is -8.34. The summed E-state index contributed by atoms with van der Waals surface area (Å²) >= 11 is 4.82. The number of aliphatic hydroxyl groups excluding tert-OH is 2. The molecule has 9 atom stereocenters. The average Bonchev–Trinajstić information content (AvgIpc) is 3.60. The number of hydrogen-bond donors (Lipinski definition) is 7. The summed E-state index contributed by atoms with van der Waals surface area (Å²) in [7, 11) is 3.42. The second-order valence-electron chi connectivity index (χ2n) is 18.4. The van der Waals surface area contributed by atoms with Crippen LogP contribution in [0.4, 0.5) is 5.69 Å². The minimum Gasteiger partial charge on any atom is -0.507 e. The van der Waals surface area contributed by atoms with Gasteiger partial charge in [-0.2, -0.15) is 5.10 Å². The Morgan fingerprint density at radius 3 is 2.30 bits per heavy atom. The molecule has 5 bridgehead atoms. The maximum Gasteiger partial charge on any atom is 0.312 e. The van der Waals surface area contributed by atoms with Gasteiger partial charge in [0.25, 0.3) is 11.7 Å². The van der Waals surface area contributed by atoms with Crippen molar-refractivity contribution in [2.75, 3.05) is 45.7 Å². The number of allylic oxidation sites excluding steroid dienone is 2. The van der Waals surface area contributed by atoms with Gasteiger partial charge in [0, 0.05) is 105 Å². The maximum absolute atomic E-state index is 14.4. The van der Waals surface area contributed by atoms with Crippen LogP contribution in [0.2, 0.25) is 0 Å². The molecule has 0 aliphatic carbocycles. The number of rotatable bonds is 6. The molecule has 380 valence electrons. The number of piperazine rings is 1. The molecule has 4 aliphatic rings. The number of aromatic nitrogens is 1. The Balaban J connectivity index is 0.000000729. The number of carbonyl (C=O) groups excluding carboxylic acids is 3. The van der Waals surface area contributed by atoms with Crippen LogP contribution < -0.4 is 15.8 Å². The summed E-state index contributed by atoms with van der Waals surface area (Å²) in [6.07, 6.45) is 7.50. The second-order valence-corrected chi connectivity index (χ2v) is 18.8. The number of likely N-dealkylation sites (N-methyl/N-ethyl adjacent to an activating group) is 1. The number of carbonyl (C=O) groups is 3. The lowest BCUT2D eigenvalue weighted by Gasteiger charge is -2.38. The Morgan fingerprint density at radius 1 is 1.01 bits per heavy atom.